The van der Waals surface area contributed by atoms with E-state index in [1.807, 2.05) is 83.5 Å². The molecule has 4 aromatic rings. The molecule has 0 aliphatic rings. The minimum Gasteiger partial charge on any atom is -0.493 e. The van der Waals surface area contributed by atoms with E-state index in [1.165, 1.54) is 0 Å². The summed E-state index contributed by atoms with van der Waals surface area (Å²) in [5, 5.41) is 14.4. The minimum atomic E-state index is -0.738. The number of unbranched alkanes of at least 4 members (excludes halogenated alkanes) is 3. The van der Waals surface area contributed by atoms with Gasteiger partial charge in [0.15, 0.2) is 0 Å². The highest BCUT2D eigenvalue weighted by Crippen LogP contribution is 2.34. The van der Waals surface area contributed by atoms with Crippen LogP contribution in [-0.2, 0) is 4.79 Å². The van der Waals surface area contributed by atoms with E-state index in [1.54, 1.807) is 0 Å². The van der Waals surface area contributed by atoms with Gasteiger partial charge in [-0.1, -0.05) is 66.9 Å². The normalized spacial score (nSPS) is 10.9. The number of hydrogen-bond donors (Lipinski definition) is 1. The first-order valence-electron chi connectivity index (χ1n) is 11.5. The third-order valence-electron chi connectivity index (χ3n) is 5.56. The van der Waals surface area contributed by atoms with Gasteiger partial charge in [-0.25, -0.2) is 4.68 Å². The lowest BCUT2D eigenvalue weighted by Crippen LogP contribution is -2.00. The molecule has 0 aliphatic carbocycles. The van der Waals surface area contributed by atoms with Crippen molar-refractivity contribution in [3.8, 4) is 34.0 Å². The monoisotopic (exact) mass is 474 g/mol. The Kier molecular flexibility index (Phi) is 7.99. The van der Waals surface area contributed by atoms with Crippen molar-refractivity contribution in [2.45, 2.75) is 32.1 Å². The predicted octanol–water partition coefficient (Wildman–Crippen LogP) is 7.27. The van der Waals surface area contributed by atoms with Crippen LogP contribution < -0.4 is 4.74 Å². The van der Waals surface area contributed by atoms with Crippen LogP contribution in [0.25, 0.3) is 28.2 Å². The van der Waals surface area contributed by atoms with Crippen LogP contribution >= 0.6 is 11.6 Å². The zero-order valence-corrected chi connectivity index (χ0v) is 19.6. The van der Waals surface area contributed by atoms with E-state index in [9.17, 15) is 4.79 Å². The maximum absolute atomic E-state index is 10.6. The Labute approximate surface area is 204 Å². The Morgan fingerprint density at radius 2 is 1.59 bits per heavy atom. The van der Waals surface area contributed by atoms with Gasteiger partial charge in [-0.2, -0.15) is 5.10 Å². The summed E-state index contributed by atoms with van der Waals surface area (Å²) < 4.78 is 8.05. The molecular weight excluding hydrogens is 448 g/mol. The van der Waals surface area contributed by atoms with Gasteiger partial charge in [-0.05, 0) is 55.3 Å². The van der Waals surface area contributed by atoms with Crippen molar-refractivity contribution in [2.24, 2.45) is 0 Å². The molecule has 0 atom stereocenters. The molecule has 0 aliphatic heterocycles. The van der Waals surface area contributed by atoms with Crippen LogP contribution in [-0.4, -0.2) is 27.5 Å². The number of carboxylic acids is 1. The zero-order valence-electron chi connectivity index (χ0n) is 18.9. The molecule has 4 rings (SSSR count). The quantitative estimate of drug-likeness (QED) is 0.232. The second kappa shape index (κ2) is 11.5. The van der Waals surface area contributed by atoms with Crippen LogP contribution in [0.1, 0.15) is 32.1 Å². The summed E-state index contributed by atoms with van der Waals surface area (Å²) >= 11 is 6.12. The third kappa shape index (κ3) is 6.06. The maximum Gasteiger partial charge on any atom is 0.303 e. The van der Waals surface area contributed by atoms with Crippen molar-refractivity contribution in [1.29, 1.82) is 0 Å². The van der Waals surface area contributed by atoms with E-state index in [0.29, 0.717) is 18.1 Å². The van der Waals surface area contributed by atoms with Gasteiger partial charge in [0.25, 0.3) is 0 Å². The molecule has 1 heterocycles. The van der Waals surface area contributed by atoms with Crippen LogP contribution in [0.5, 0.6) is 5.75 Å². The fourth-order valence-corrected chi connectivity index (χ4v) is 3.95. The van der Waals surface area contributed by atoms with E-state index in [4.69, 9.17) is 26.5 Å². The van der Waals surface area contributed by atoms with E-state index in [-0.39, 0.29) is 6.42 Å². The van der Waals surface area contributed by atoms with Crippen molar-refractivity contribution >= 4 is 17.6 Å². The Morgan fingerprint density at radius 1 is 0.882 bits per heavy atom. The molecular formula is C28H27ClN2O3. The second-order valence-electron chi connectivity index (χ2n) is 8.07. The minimum absolute atomic E-state index is 0.226. The Balaban J connectivity index is 1.56. The number of para-hydroxylation sites is 2. The van der Waals surface area contributed by atoms with Crippen LogP contribution in [0.2, 0.25) is 5.02 Å². The lowest BCUT2D eigenvalue weighted by atomic mass is 10.1. The number of halogens is 1. The van der Waals surface area contributed by atoms with Gasteiger partial charge in [-0.15, -0.1) is 0 Å². The summed E-state index contributed by atoms with van der Waals surface area (Å²) in [5.74, 6) is 0.0477. The van der Waals surface area contributed by atoms with Crippen LogP contribution in [0.4, 0.5) is 0 Å². The summed E-state index contributed by atoms with van der Waals surface area (Å²) in [6, 6.07) is 27.8. The van der Waals surface area contributed by atoms with E-state index in [2.05, 4.69) is 6.07 Å². The number of aliphatic carboxylic acids is 1. The summed E-state index contributed by atoms with van der Waals surface area (Å²) in [6.07, 6.45) is 3.64. The molecule has 0 spiro atoms. The van der Waals surface area contributed by atoms with Crippen LogP contribution in [0, 0.1) is 0 Å². The van der Waals surface area contributed by atoms with E-state index in [0.717, 1.165) is 53.2 Å². The molecule has 0 saturated heterocycles. The van der Waals surface area contributed by atoms with Crippen molar-refractivity contribution in [2.75, 3.05) is 6.61 Å². The van der Waals surface area contributed by atoms with Crippen molar-refractivity contribution in [3.63, 3.8) is 0 Å². The molecule has 6 heteroatoms. The highest BCUT2D eigenvalue weighted by Gasteiger charge is 2.16. The van der Waals surface area contributed by atoms with E-state index < -0.39 is 5.97 Å². The molecule has 0 amide bonds. The predicted molar refractivity (Wildman–Crippen MR) is 136 cm³/mol. The number of ether oxygens (including phenoxy) is 1. The molecule has 0 radical (unpaired) electrons. The van der Waals surface area contributed by atoms with Gasteiger partial charge in [-0.3, -0.25) is 4.79 Å². The Hall–Kier alpha value is -3.57. The van der Waals surface area contributed by atoms with Gasteiger partial charge in [0.2, 0.25) is 0 Å². The molecule has 0 fully saturated rings. The molecule has 3 aromatic carbocycles. The highest BCUT2D eigenvalue weighted by molar-refractivity contribution is 6.30. The number of hydrogen-bond acceptors (Lipinski definition) is 3. The topological polar surface area (TPSA) is 64.3 Å². The molecule has 0 saturated carbocycles. The smallest absolute Gasteiger partial charge is 0.303 e. The van der Waals surface area contributed by atoms with Crippen LogP contribution in [0.3, 0.4) is 0 Å². The highest BCUT2D eigenvalue weighted by atomic mass is 35.5. The SMILES string of the molecule is O=C(O)CCCCCCOc1ccccc1-c1cc(-c2ccc(Cl)cc2)n(-c2ccccc2)n1. The largest absolute Gasteiger partial charge is 0.493 e. The summed E-state index contributed by atoms with van der Waals surface area (Å²) in [5.41, 5.74) is 4.71. The Morgan fingerprint density at radius 3 is 2.35 bits per heavy atom. The third-order valence-corrected chi connectivity index (χ3v) is 5.81. The van der Waals surface area contributed by atoms with Crippen LogP contribution in [0.15, 0.2) is 84.9 Å². The number of carbonyl (C=O) groups is 1. The van der Waals surface area contributed by atoms with Gasteiger partial charge >= 0.3 is 5.97 Å². The maximum atomic E-state index is 10.6. The van der Waals surface area contributed by atoms with Crippen molar-refractivity contribution in [3.05, 3.63) is 90.0 Å². The number of carboxylic acid groups (broad SMARTS) is 1. The molecule has 174 valence electrons. The average molecular weight is 475 g/mol. The molecule has 1 aromatic heterocycles. The summed E-state index contributed by atoms with van der Waals surface area (Å²) in [7, 11) is 0. The average Bonchev–Trinajstić information content (AvgIpc) is 3.30. The standard InChI is InChI=1S/C28H27ClN2O3/c29-22-17-15-21(16-18-22)26-20-25(30-31(26)23-10-4-3-5-11-23)24-12-7-8-13-27(24)34-19-9-2-1-6-14-28(32)33/h3-5,7-8,10-13,15-18,20H,1-2,6,9,14,19H2,(H,32,33). The first kappa shape index (κ1) is 23.6. The Bertz CT molecular complexity index is 1220. The lowest BCUT2D eigenvalue weighted by Gasteiger charge is -2.10. The van der Waals surface area contributed by atoms with Gasteiger partial charge in [0.1, 0.15) is 5.75 Å². The number of nitrogens with zero attached hydrogens (tertiary/aromatic N) is 2. The molecule has 34 heavy (non-hydrogen) atoms. The molecule has 0 unspecified atom stereocenters. The van der Waals surface area contributed by atoms with Crippen molar-refractivity contribution < 1.29 is 14.6 Å². The fraction of sp³-hybridized carbons (Fsp3) is 0.214. The molecule has 0 bridgehead atoms. The molecule has 5 nitrogen and oxygen atoms in total. The van der Waals surface area contributed by atoms with Gasteiger partial charge in [0.05, 0.1) is 23.7 Å². The lowest BCUT2D eigenvalue weighted by molar-refractivity contribution is -0.137. The summed E-state index contributed by atoms with van der Waals surface area (Å²) in [4.78, 5) is 10.6. The summed E-state index contributed by atoms with van der Waals surface area (Å²) in [6.45, 7) is 0.577. The zero-order chi connectivity index (χ0) is 23.8. The number of rotatable bonds is 11. The second-order valence-corrected chi connectivity index (χ2v) is 8.51. The van der Waals surface area contributed by atoms with E-state index >= 15 is 0 Å². The van der Waals surface area contributed by atoms with Gasteiger partial charge < -0.3 is 9.84 Å². The first-order valence-corrected chi connectivity index (χ1v) is 11.8. The number of aromatic nitrogens is 2. The fourth-order valence-electron chi connectivity index (χ4n) is 3.82. The number of benzene rings is 3. The first-order chi connectivity index (χ1) is 16.6. The van der Waals surface area contributed by atoms with Gasteiger partial charge in [0, 0.05) is 22.6 Å². The van der Waals surface area contributed by atoms with Crippen molar-refractivity contribution in [1.82, 2.24) is 9.78 Å². The molecule has 1 N–H and O–H groups in total.